The number of hydrogen-bond acceptors (Lipinski definition) is 2. The molecule has 0 unspecified atom stereocenters. The number of aliphatic imine (C=N–C) groups is 1. The van der Waals surface area contributed by atoms with E-state index in [4.69, 9.17) is 0 Å². The Hall–Kier alpha value is -1.93. The molecule has 0 N–H and O–H groups in total. The molecule has 0 atom stereocenters. The summed E-state index contributed by atoms with van der Waals surface area (Å²) in [5.41, 5.74) is 8.77. The molecule has 0 saturated carbocycles. The predicted octanol–water partition coefficient (Wildman–Crippen LogP) is 6.55. The minimum atomic E-state index is 0.535. The Kier molecular flexibility index (Phi) is 7.60. The van der Waals surface area contributed by atoms with Crippen LogP contribution in [0.15, 0.2) is 42.9 Å². The molecule has 2 rings (SSSR count). The first-order valence-corrected chi connectivity index (χ1v) is 10.5. The molecule has 0 bridgehead atoms. The summed E-state index contributed by atoms with van der Waals surface area (Å²) in [4.78, 5) is 7.07. The summed E-state index contributed by atoms with van der Waals surface area (Å²) in [6, 6.07) is 4.52. The predicted molar refractivity (Wildman–Crippen MR) is 126 cm³/mol. The van der Waals surface area contributed by atoms with Crippen molar-refractivity contribution < 1.29 is 0 Å². The Morgan fingerprint density at radius 3 is 2.39 bits per heavy atom. The fraction of sp³-hybridized carbons (Fsp3) is 0.500. The van der Waals surface area contributed by atoms with E-state index in [1.54, 1.807) is 0 Å². The molecule has 0 spiro atoms. The number of rotatable bonds is 10. The Balaban J connectivity index is 2.18. The smallest absolute Gasteiger partial charge is 0.0571 e. The molecule has 28 heavy (non-hydrogen) atoms. The van der Waals surface area contributed by atoms with Crippen LogP contribution >= 0.6 is 0 Å². The summed E-state index contributed by atoms with van der Waals surface area (Å²) in [5.74, 6) is 0. The minimum Gasteiger partial charge on any atom is -0.305 e. The lowest BCUT2D eigenvalue weighted by Gasteiger charge is -2.48. The molecule has 1 aromatic carbocycles. The van der Waals surface area contributed by atoms with Crippen molar-refractivity contribution in [3.05, 3.63) is 60.2 Å². The van der Waals surface area contributed by atoms with E-state index in [0.717, 1.165) is 17.7 Å². The van der Waals surface area contributed by atoms with Crippen LogP contribution in [0.3, 0.4) is 0 Å². The second-order valence-corrected chi connectivity index (χ2v) is 8.69. The molecular weight excluding hydrogens is 340 g/mol. The van der Waals surface area contributed by atoms with E-state index in [-0.39, 0.29) is 0 Å². The van der Waals surface area contributed by atoms with Crippen molar-refractivity contribution in [3.8, 4) is 0 Å². The maximum Gasteiger partial charge on any atom is 0.0571 e. The highest BCUT2D eigenvalue weighted by Crippen LogP contribution is 2.39. The van der Waals surface area contributed by atoms with Gasteiger partial charge in [-0.25, -0.2) is 0 Å². The third-order valence-electron chi connectivity index (χ3n) is 6.20. The van der Waals surface area contributed by atoms with E-state index < -0.39 is 0 Å². The SMILES string of the molecule is C=CC/N=C(/C)c1cc(C(=C)CCCC2(CC)CN(C)C2)c(C)cc1C(=C)C. The molecule has 1 fully saturated rings. The lowest BCUT2D eigenvalue weighted by atomic mass is 9.73. The summed E-state index contributed by atoms with van der Waals surface area (Å²) in [6.45, 7) is 24.2. The van der Waals surface area contributed by atoms with Crippen LogP contribution in [-0.2, 0) is 0 Å². The summed E-state index contributed by atoms with van der Waals surface area (Å²) in [6.07, 6.45) is 6.67. The Morgan fingerprint density at radius 2 is 1.86 bits per heavy atom. The van der Waals surface area contributed by atoms with Gasteiger partial charge in [-0.15, -0.1) is 6.58 Å². The molecule has 1 aromatic rings. The summed E-state index contributed by atoms with van der Waals surface area (Å²) < 4.78 is 0. The molecule has 0 amide bonds. The average Bonchev–Trinajstić information content (AvgIpc) is 2.63. The maximum atomic E-state index is 4.64. The molecule has 0 radical (unpaired) electrons. The quantitative estimate of drug-likeness (QED) is 0.333. The normalized spacial score (nSPS) is 16.5. The number of hydrogen-bond donors (Lipinski definition) is 0. The largest absolute Gasteiger partial charge is 0.305 e. The van der Waals surface area contributed by atoms with E-state index in [9.17, 15) is 0 Å². The zero-order valence-electron chi connectivity index (χ0n) is 18.7. The van der Waals surface area contributed by atoms with Gasteiger partial charge in [0.1, 0.15) is 0 Å². The van der Waals surface area contributed by atoms with Crippen LogP contribution in [0.5, 0.6) is 0 Å². The fourth-order valence-corrected chi connectivity index (χ4v) is 4.50. The highest BCUT2D eigenvalue weighted by molar-refractivity contribution is 6.03. The Morgan fingerprint density at radius 1 is 1.18 bits per heavy atom. The average molecular weight is 379 g/mol. The van der Waals surface area contributed by atoms with Gasteiger partial charge in [0.05, 0.1) is 6.54 Å². The monoisotopic (exact) mass is 378 g/mol. The molecule has 0 aromatic heterocycles. The highest BCUT2D eigenvalue weighted by Gasteiger charge is 2.38. The number of benzene rings is 1. The third-order valence-corrected chi connectivity index (χ3v) is 6.20. The lowest BCUT2D eigenvalue weighted by Crippen LogP contribution is -2.53. The van der Waals surface area contributed by atoms with Crippen LogP contribution in [0.4, 0.5) is 0 Å². The van der Waals surface area contributed by atoms with E-state index in [2.05, 4.69) is 76.5 Å². The zero-order valence-corrected chi connectivity index (χ0v) is 18.7. The van der Waals surface area contributed by atoms with Crippen LogP contribution < -0.4 is 0 Å². The maximum absolute atomic E-state index is 4.64. The van der Waals surface area contributed by atoms with Crippen LogP contribution in [0.2, 0.25) is 0 Å². The molecule has 1 saturated heterocycles. The van der Waals surface area contributed by atoms with Gasteiger partial charge in [0.15, 0.2) is 0 Å². The fourth-order valence-electron chi connectivity index (χ4n) is 4.50. The van der Waals surface area contributed by atoms with E-state index in [1.807, 2.05) is 6.08 Å². The van der Waals surface area contributed by atoms with Crippen LogP contribution in [-0.4, -0.2) is 37.3 Å². The van der Waals surface area contributed by atoms with Gasteiger partial charge >= 0.3 is 0 Å². The highest BCUT2D eigenvalue weighted by atomic mass is 15.2. The number of nitrogens with zero attached hydrogens (tertiary/aromatic N) is 2. The second kappa shape index (κ2) is 9.52. The van der Waals surface area contributed by atoms with Crippen LogP contribution in [0.1, 0.15) is 68.7 Å². The zero-order chi connectivity index (χ0) is 20.9. The third kappa shape index (κ3) is 5.11. The Labute approximate surface area is 172 Å². The standard InChI is InChI=1S/C26H38N2/c1-9-14-27-22(7)25-16-24(21(6)15-23(25)19(3)4)20(5)12-11-13-26(10-2)17-28(8)18-26/h9,15-16H,1,3,5,10-14,17-18H2,2,4,6-8H3/b27-22-. The van der Waals surface area contributed by atoms with Crippen molar-refractivity contribution >= 4 is 16.9 Å². The van der Waals surface area contributed by atoms with E-state index >= 15 is 0 Å². The van der Waals surface area contributed by atoms with E-state index in [1.165, 1.54) is 60.2 Å². The topological polar surface area (TPSA) is 15.6 Å². The molecule has 152 valence electrons. The summed E-state index contributed by atoms with van der Waals surface area (Å²) >= 11 is 0. The van der Waals surface area contributed by atoms with Gasteiger partial charge in [-0.1, -0.05) is 37.8 Å². The molecule has 1 aliphatic rings. The number of likely N-dealkylation sites (tertiary alicyclic amines) is 1. The minimum absolute atomic E-state index is 0.535. The summed E-state index contributed by atoms with van der Waals surface area (Å²) in [7, 11) is 2.22. The first-order valence-electron chi connectivity index (χ1n) is 10.5. The number of aryl methyl sites for hydroxylation is 1. The van der Waals surface area contributed by atoms with Gasteiger partial charge in [-0.2, -0.15) is 0 Å². The molecular formula is C26H38N2. The molecule has 0 aliphatic carbocycles. The number of allylic oxidation sites excluding steroid dienone is 2. The van der Waals surface area contributed by atoms with Gasteiger partial charge in [0.2, 0.25) is 0 Å². The van der Waals surface area contributed by atoms with Crippen molar-refractivity contribution in [2.45, 2.75) is 53.4 Å². The molecule has 2 nitrogen and oxygen atoms in total. The van der Waals surface area contributed by atoms with Crippen LogP contribution in [0.25, 0.3) is 11.1 Å². The summed E-state index contributed by atoms with van der Waals surface area (Å²) in [5, 5.41) is 0. The van der Waals surface area contributed by atoms with Crippen molar-refractivity contribution in [1.82, 2.24) is 4.90 Å². The lowest BCUT2D eigenvalue weighted by molar-refractivity contribution is 0.00979. The van der Waals surface area contributed by atoms with Gasteiger partial charge in [-0.05, 0) is 87.2 Å². The van der Waals surface area contributed by atoms with Crippen molar-refractivity contribution in [3.63, 3.8) is 0 Å². The van der Waals surface area contributed by atoms with Gasteiger partial charge in [0, 0.05) is 24.4 Å². The molecule has 1 heterocycles. The first kappa shape index (κ1) is 22.4. The van der Waals surface area contributed by atoms with Gasteiger partial charge in [0.25, 0.3) is 0 Å². The van der Waals surface area contributed by atoms with Gasteiger partial charge < -0.3 is 4.90 Å². The van der Waals surface area contributed by atoms with Crippen molar-refractivity contribution in [1.29, 1.82) is 0 Å². The first-order chi connectivity index (χ1) is 13.2. The van der Waals surface area contributed by atoms with Crippen LogP contribution in [0, 0.1) is 12.3 Å². The van der Waals surface area contributed by atoms with Crippen molar-refractivity contribution in [2.24, 2.45) is 10.4 Å². The molecule has 1 aliphatic heterocycles. The Bertz CT molecular complexity index is 776. The molecule has 2 heteroatoms. The van der Waals surface area contributed by atoms with Gasteiger partial charge in [-0.3, -0.25) is 4.99 Å². The van der Waals surface area contributed by atoms with Crippen molar-refractivity contribution in [2.75, 3.05) is 26.7 Å². The van der Waals surface area contributed by atoms with E-state index in [0.29, 0.717) is 12.0 Å². The second-order valence-electron chi connectivity index (χ2n) is 8.69.